The Morgan fingerprint density at radius 2 is 2.00 bits per heavy atom. The van der Waals surface area contributed by atoms with Crippen LogP contribution in [0.5, 0.6) is 0 Å². The normalized spacial score (nSPS) is 11.8. The second-order valence-electron chi connectivity index (χ2n) is 3.40. The predicted octanol–water partition coefficient (Wildman–Crippen LogP) is 2.96. The van der Waals surface area contributed by atoms with Crippen molar-refractivity contribution in [1.82, 2.24) is 5.32 Å². The topological polar surface area (TPSA) is 38.0 Å². The van der Waals surface area contributed by atoms with Gasteiger partial charge in [0.05, 0.1) is 17.1 Å². The Kier molecular flexibility index (Phi) is 4.44. The van der Waals surface area contributed by atoms with E-state index in [-0.39, 0.29) is 6.54 Å². The molecule has 0 atom stereocenters. The van der Waals surface area contributed by atoms with Crippen LogP contribution in [0, 0.1) is 0 Å². The standard InChI is InChI=1S/C10H12ClF3N2/c11-8-5-7(1-2-9(8)15)6-16-4-3-10(12,13)14/h1-2,5,16H,3-4,6,15H2. The summed E-state index contributed by atoms with van der Waals surface area (Å²) in [5.41, 5.74) is 6.77. The minimum absolute atomic E-state index is 0.106. The quantitative estimate of drug-likeness (QED) is 0.639. The van der Waals surface area contributed by atoms with Gasteiger partial charge >= 0.3 is 6.18 Å². The van der Waals surface area contributed by atoms with Gasteiger partial charge in [-0.1, -0.05) is 17.7 Å². The number of halogens is 4. The van der Waals surface area contributed by atoms with Crippen molar-refractivity contribution in [3.05, 3.63) is 28.8 Å². The summed E-state index contributed by atoms with van der Waals surface area (Å²) in [6.45, 7) is 0.238. The van der Waals surface area contributed by atoms with Crippen LogP contribution in [0.4, 0.5) is 18.9 Å². The number of nitrogen functional groups attached to an aromatic ring is 1. The molecule has 0 amide bonds. The summed E-state index contributed by atoms with van der Waals surface area (Å²) in [7, 11) is 0. The molecule has 0 aliphatic carbocycles. The molecular weight excluding hydrogens is 241 g/mol. The van der Waals surface area contributed by atoms with Gasteiger partial charge in [0.1, 0.15) is 0 Å². The van der Waals surface area contributed by atoms with Crippen LogP contribution in [-0.4, -0.2) is 12.7 Å². The Morgan fingerprint density at radius 1 is 1.31 bits per heavy atom. The van der Waals surface area contributed by atoms with E-state index in [1.165, 1.54) is 0 Å². The summed E-state index contributed by atoms with van der Waals surface area (Å²) in [6.07, 6.45) is -4.96. The molecule has 0 radical (unpaired) electrons. The minimum Gasteiger partial charge on any atom is -0.398 e. The smallest absolute Gasteiger partial charge is 0.390 e. The van der Waals surface area contributed by atoms with E-state index in [4.69, 9.17) is 17.3 Å². The Hall–Kier alpha value is -0.940. The van der Waals surface area contributed by atoms with Crippen molar-refractivity contribution in [1.29, 1.82) is 0 Å². The number of alkyl halides is 3. The van der Waals surface area contributed by atoms with Gasteiger partial charge in [0.2, 0.25) is 0 Å². The molecular formula is C10H12ClF3N2. The summed E-state index contributed by atoms with van der Waals surface area (Å²) in [5.74, 6) is 0. The van der Waals surface area contributed by atoms with Crippen molar-refractivity contribution in [2.45, 2.75) is 19.1 Å². The maximum absolute atomic E-state index is 11.8. The fourth-order valence-corrected chi connectivity index (χ4v) is 1.35. The zero-order chi connectivity index (χ0) is 12.2. The highest BCUT2D eigenvalue weighted by molar-refractivity contribution is 6.33. The lowest BCUT2D eigenvalue weighted by Crippen LogP contribution is -2.21. The largest absolute Gasteiger partial charge is 0.398 e. The maximum Gasteiger partial charge on any atom is 0.390 e. The van der Waals surface area contributed by atoms with E-state index in [0.29, 0.717) is 17.3 Å². The number of hydrogen-bond acceptors (Lipinski definition) is 2. The van der Waals surface area contributed by atoms with E-state index in [2.05, 4.69) is 5.32 Å². The molecule has 0 aliphatic rings. The number of hydrogen-bond donors (Lipinski definition) is 2. The number of rotatable bonds is 4. The van der Waals surface area contributed by atoms with Crippen molar-refractivity contribution in [2.24, 2.45) is 0 Å². The van der Waals surface area contributed by atoms with Gasteiger partial charge in [0.15, 0.2) is 0 Å². The second kappa shape index (κ2) is 5.41. The van der Waals surface area contributed by atoms with Gasteiger partial charge < -0.3 is 11.1 Å². The fourth-order valence-electron chi connectivity index (χ4n) is 1.14. The van der Waals surface area contributed by atoms with Crippen molar-refractivity contribution in [3.63, 3.8) is 0 Å². The van der Waals surface area contributed by atoms with Gasteiger partial charge in [-0.25, -0.2) is 0 Å². The predicted molar refractivity (Wildman–Crippen MR) is 58.2 cm³/mol. The lowest BCUT2D eigenvalue weighted by Gasteiger charge is -2.08. The SMILES string of the molecule is Nc1ccc(CNCCC(F)(F)F)cc1Cl. The number of benzene rings is 1. The number of anilines is 1. The monoisotopic (exact) mass is 252 g/mol. The zero-order valence-corrected chi connectivity index (χ0v) is 9.20. The minimum atomic E-state index is -4.12. The third-order valence-electron chi connectivity index (χ3n) is 1.98. The molecule has 1 rings (SSSR count). The van der Waals surface area contributed by atoms with Crippen molar-refractivity contribution >= 4 is 17.3 Å². The summed E-state index contributed by atoms with van der Waals surface area (Å²) < 4.78 is 35.5. The van der Waals surface area contributed by atoms with E-state index < -0.39 is 12.6 Å². The highest BCUT2D eigenvalue weighted by Gasteiger charge is 2.25. The summed E-state index contributed by atoms with van der Waals surface area (Å²) >= 11 is 5.77. The van der Waals surface area contributed by atoms with Crippen LogP contribution >= 0.6 is 11.6 Å². The molecule has 6 heteroatoms. The summed E-state index contributed by atoms with van der Waals surface area (Å²) in [4.78, 5) is 0. The second-order valence-corrected chi connectivity index (χ2v) is 3.81. The van der Waals surface area contributed by atoms with E-state index in [1.807, 2.05) is 0 Å². The van der Waals surface area contributed by atoms with Crippen LogP contribution in [0.1, 0.15) is 12.0 Å². The summed E-state index contributed by atoms with van der Waals surface area (Å²) in [5, 5.41) is 3.10. The van der Waals surface area contributed by atoms with Gasteiger partial charge in [-0.15, -0.1) is 0 Å². The average Bonchev–Trinajstić information content (AvgIpc) is 2.17. The van der Waals surface area contributed by atoms with Crippen LogP contribution in [0.15, 0.2) is 18.2 Å². The molecule has 2 nitrogen and oxygen atoms in total. The van der Waals surface area contributed by atoms with E-state index >= 15 is 0 Å². The van der Waals surface area contributed by atoms with Crippen molar-refractivity contribution < 1.29 is 13.2 Å². The highest BCUT2D eigenvalue weighted by atomic mass is 35.5. The molecule has 16 heavy (non-hydrogen) atoms. The fraction of sp³-hybridized carbons (Fsp3) is 0.400. The zero-order valence-electron chi connectivity index (χ0n) is 8.44. The van der Waals surface area contributed by atoms with Crippen LogP contribution in [0.3, 0.4) is 0 Å². The third-order valence-corrected chi connectivity index (χ3v) is 2.31. The van der Waals surface area contributed by atoms with E-state index in [1.54, 1.807) is 18.2 Å². The van der Waals surface area contributed by atoms with Gasteiger partial charge in [-0.2, -0.15) is 13.2 Å². The van der Waals surface area contributed by atoms with Gasteiger partial charge in [0, 0.05) is 13.1 Å². The van der Waals surface area contributed by atoms with E-state index in [0.717, 1.165) is 5.56 Å². The number of nitrogens with one attached hydrogen (secondary N) is 1. The molecule has 0 unspecified atom stereocenters. The first kappa shape index (κ1) is 13.1. The first-order valence-corrected chi connectivity index (χ1v) is 5.07. The van der Waals surface area contributed by atoms with Crippen LogP contribution in [0.25, 0.3) is 0 Å². The maximum atomic E-state index is 11.8. The van der Waals surface area contributed by atoms with Crippen molar-refractivity contribution in [3.8, 4) is 0 Å². The summed E-state index contributed by atoms with van der Waals surface area (Å²) in [6, 6.07) is 4.99. The van der Waals surface area contributed by atoms with E-state index in [9.17, 15) is 13.2 Å². The Morgan fingerprint density at radius 3 is 2.56 bits per heavy atom. The molecule has 1 aromatic carbocycles. The molecule has 0 aliphatic heterocycles. The molecule has 0 saturated heterocycles. The molecule has 0 spiro atoms. The van der Waals surface area contributed by atoms with Gasteiger partial charge in [-0.3, -0.25) is 0 Å². The Balaban J connectivity index is 2.35. The first-order chi connectivity index (χ1) is 7.38. The molecule has 0 saturated carbocycles. The molecule has 90 valence electrons. The third kappa shape index (κ3) is 4.72. The Labute approximate surface area is 96.6 Å². The average molecular weight is 253 g/mol. The molecule has 0 bridgehead atoms. The van der Waals surface area contributed by atoms with Gasteiger partial charge in [0.25, 0.3) is 0 Å². The Bertz CT molecular complexity index is 352. The number of nitrogens with two attached hydrogens (primary N) is 1. The molecule has 1 aromatic rings. The lowest BCUT2D eigenvalue weighted by molar-refractivity contribution is -0.133. The van der Waals surface area contributed by atoms with Crippen molar-refractivity contribution in [2.75, 3.05) is 12.3 Å². The first-order valence-electron chi connectivity index (χ1n) is 4.70. The highest BCUT2D eigenvalue weighted by Crippen LogP contribution is 2.20. The van der Waals surface area contributed by atoms with Crippen LogP contribution in [-0.2, 0) is 6.54 Å². The molecule has 0 heterocycles. The molecule has 0 fully saturated rings. The van der Waals surface area contributed by atoms with Gasteiger partial charge in [-0.05, 0) is 17.7 Å². The molecule has 0 aromatic heterocycles. The lowest BCUT2D eigenvalue weighted by atomic mass is 10.2. The van der Waals surface area contributed by atoms with Crippen LogP contribution < -0.4 is 11.1 Å². The van der Waals surface area contributed by atoms with Crippen LogP contribution in [0.2, 0.25) is 5.02 Å². The molecule has 3 N–H and O–H groups in total.